The topological polar surface area (TPSA) is 17.8 Å². The van der Waals surface area contributed by atoms with Gasteiger partial charge < -0.3 is 0 Å². The first-order chi connectivity index (χ1) is 10.1. The summed E-state index contributed by atoms with van der Waals surface area (Å²) < 4.78 is 3.18. The first-order valence-corrected chi connectivity index (χ1v) is 8.31. The van der Waals surface area contributed by atoms with Crippen molar-refractivity contribution >= 4 is 50.2 Å². The maximum Gasteiger partial charge on any atom is 0.115 e. The molecule has 0 spiro atoms. The average Bonchev–Trinajstić information content (AvgIpc) is 2.82. The largest absolute Gasteiger partial charge is 0.295 e. The Balaban J connectivity index is 2.37. The maximum atomic E-state index is 6.28. The summed E-state index contributed by atoms with van der Waals surface area (Å²) in [5, 5.41) is 0.658. The van der Waals surface area contributed by atoms with Crippen molar-refractivity contribution in [2.75, 3.05) is 5.88 Å². The maximum absolute atomic E-state index is 6.28. The third-order valence-electron chi connectivity index (χ3n) is 3.44. The van der Waals surface area contributed by atoms with Crippen LogP contribution in [0.4, 0.5) is 0 Å². The number of aromatic nitrogens is 2. The van der Waals surface area contributed by atoms with Gasteiger partial charge >= 0.3 is 0 Å². The molecule has 0 amide bonds. The van der Waals surface area contributed by atoms with Gasteiger partial charge in [-0.1, -0.05) is 29.8 Å². The molecule has 0 fully saturated rings. The molecule has 108 valence electrons. The third-order valence-corrected chi connectivity index (χ3v) is 4.96. The first-order valence-electron chi connectivity index (χ1n) is 6.60. The fourth-order valence-electron chi connectivity index (χ4n) is 2.44. The van der Waals surface area contributed by atoms with Gasteiger partial charge in [-0.25, -0.2) is 4.98 Å². The minimum absolute atomic E-state index is 0.518. The van der Waals surface area contributed by atoms with E-state index in [0.717, 1.165) is 27.0 Å². The van der Waals surface area contributed by atoms with Gasteiger partial charge in [-0.2, -0.15) is 0 Å². The molecule has 0 aliphatic rings. The van der Waals surface area contributed by atoms with E-state index in [1.807, 2.05) is 24.3 Å². The van der Waals surface area contributed by atoms with Gasteiger partial charge in [0, 0.05) is 16.8 Å². The lowest BCUT2D eigenvalue weighted by Gasteiger charge is -2.12. The van der Waals surface area contributed by atoms with E-state index in [9.17, 15) is 0 Å². The molecule has 2 nitrogen and oxygen atoms in total. The fraction of sp³-hybridized carbons (Fsp3) is 0.188. The van der Waals surface area contributed by atoms with Crippen LogP contribution in [0.3, 0.4) is 0 Å². The van der Waals surface area contributed by atoms with Crippen LogP contribution < -0.4 is 0 Å². The molecule has 0 unspecified atom stereocenters. The molecule has 5 heteroatoms. The highest BCUT2D eigenvalue weighted by Gasteiger charge is 2.16. The Morgan fingerprint density at radius 3 is 2.71 bits per heavy atom. The third kappa shape index (κ3) is 2.59. The molecule has 0 aliphatic carbocycles. The average molecular weight is 384 g/mol. The van der Waals surface area contributed by atoms with Crippen LogP contribution in [0, 0.1) is 6.92 Å². The summed E-state index contributed by atoms with van der Waals surface area (Å²) >= 11 is 15.9. The zero-order valence-corrected chi connectivity index (χ0v) is 14.5. The van der Waals surface area contributed by atoms with Crippen LogP contribution in [0.2, 0.25) is 5.02 Å². The molecule has 3 aromatic rings. The number of hydrogen-bond donors (Lipinski definition) is 0. The molecular formula is C16H13BrCl2N2. The molecule has 0 bridgehead atoms. The number of alkyl halides is 1. The number of hydrogen-bond acceptors (Lipinski definition) is 1. The number of halogens is 3. The second-order valence-corrected chi connectivity index (χ2v) is 6.40. The Labute approximate surface area is 141 Å². The number of fused-ring (bicyclic) bond motifs is 1. The summed E-state index contributed by atoms with van der Waals surface area (Å²) in [6.07, 6.45) is 0.687. The quantitative estimate of drug-likeness (QED) is 0.543. The van der Waals surface area contributed by atoms with E-state index in [0.29, 0.717) is 17.3 Å². The lowest BCUT2D eigenvalue weighted by atomic mass is 10.2. The van der Waals surface area contributed by atoms with E-state index in [1.54, 1.807) is 0 Å². The normalized spacial score (nSPS) is 11.2. The summed E-state index contributed by atoms with van der Waals surface area (Å²) in [6, 6.07) is 12.0. The van der Waals surface area contributed by atoms with E-state index in [1.165, 1.54) is 5.56 Å². The van der Waals surface area contributed by atoms with E-state index < -0.39 is 0 Å². The van der Waals surface area contributed by atoms with Crippen molar-refractivity contribution < 1.29 is 0 Å². The molecule has 0 atom stereocenters. The molecule has 0 aliphatic heterocycles. The molecule has 0 radical (unpaired) electrons. The van der Waals surface area contributed by atoms with Crippen LogP contribution in [-0.4, -0.2) is 15.4 Å². The first kappa shape index (κ1) is 14.9. The number of benzene rings is 2. The van der Waals surface area contributed by atoms with Gasteiger partial charge in [-0.05, 0) is 46.6 Å². The number of imidazole rings is 1. The van der Waals surface area contributed by atoms with Crippen molar-refractivity contribution in [1.29, 1.82) is 0 Å². The van der Waals surface area contributed by atoms with Crippen molar-refractivity contribution in [3.05, 3.63) is 57.3 Å². The van der Waals surface area contributed by atoms with Gasteiger partial charge in [0.05, 0.1) is 16.2 Å². The predicted molar refractivity (Wildman–Crippen MR) is 92.9 cm³/mol. The SMILES string of the molecule is Cc1cccc(-n2c(CCCl)nc3c(Cl)cccc32)c1Br. The van der Waals surface area contributed by atoms with Crippen LogP contribution in [0.25, 0.3) is 16.7 Å². The van der Waals surface area contributed by atoms with E-state index in [4.69, 9.17) is 23.2 Å². The second kappa shape index (κ2) is 5.99. The number of para-hydroxylation sites is 1. The van der Waals surface area contributed by atoms with Gasteiger partial charge in [-0.3, -0.25) is 4.57 Å². The Bertz CT molecular complexity index is 811. The van der Waals surface area contributed by atoms with E-state index in [-0.39, 0.29) is 0 Å². The molecule has 1 heterocycles. The lowest BCUT2D eigenvalue weighted by Crippen LogP contribution is -2.03. The van der Waals surface area contributed by atoms with Gasteiger partial charge in [0.2, 0.25) is 0 Å². The number of rotatable bonds is 3. The highest BCUT2D eigenvalue weighted by atomic mass is 79.9. The van der Waals surface area contributed by atoms with Crippen molar-refractivity contribution in [1.82, 2.24) is 9.55 Å². The van der Waals surface area contributed by atoms with Gasteiger partial charge in [-0.15, -0.1) is 11.6 Å². The lowest BCUT2D eigenvalue weighted by molar-refractivity contribution is 0.908. The van der Waals surface area contributed by atoms with Crippen LogP contribution >= 0.6 is 39.1 Å². The predicted octanol–water partition coefficient (Wildman–Crippen LogP) is 5.53. The molecule has 21 heavy (non-hydrogen) atoms. The zero-order valence-electron chi connectivity index (χ0n) is 11.4. The van der Waals surface area contributed by atoms with Gasteiger partial charge in [0.25, 0.3) is 0 Å². The highest BCUT2D eigenvalue weighted by molar-refractivity contribution is 9.10. The Hall–Kier alpha value is -1.03. The zero-order chi connectivity index (χ0) is 15.0. The van der Waals surface area contributed by atoms with Gasteiger partial charge in [0.15, 0.2) is 0 Å². The Morgan fingerprint density at radius 2 is 1.95 bits per heavy atom. The summed E-state index contributed by atoms with van der Waals surface area (Å²) in [5.41, 5.74) is 4.04. The number of nitrogens with zero attached hydrogens (tertiary/aromatic N) is 2. The molecule has 0 N–H and O–H groups in total. The number of aryl methyl sites for hydroxylation is 2. The van der Waals surface area contributed by atoms with Gasteiger partial charge in [0.1, 0.15) is 11.3 Å². The van der Waals surface area contributed by atoms with E-state index in [2.05, 4.69) is 44.5 Å². The van der Waals surface area contributed by atoms with Crippen molar-refractivity contribution in [2.45, 2.75) is 13.3 Å². The minimum atomic E-state index is 0.518. The summed E-state index contributed by atoms with van der Waals surface area (Å²) in [6.45, 7) is 2.07. The van der Waals surface area contributed by atoms with Crippen molar-refractivity contribution in [2.24, 2.45) is 0 Å². The molecule has 2 aromatic carbocycles. The highest BCUT2D eigenvalue weighted by Crippen LogP contribution is 2.32. The molecule has 1 aromatic heterocycles. The molecule has 0 saturated heterocycles. The Morgan fingerprint density at radius 1 is 1.19 bits per heavy atom. The monoisotopic (exact) mass is 382 g/mol. The van der Waals surface area contributed by atoms with Crippen LogP contribution in [0.1, 0.15) is 11.4 Å². The minimum Gasteiger partial charge on any atom is -0.295 e. The van der Waals surface area contributed by atoms with Crippen molar-refractivity contribution in [3.63, 3.8) is 0 Å². The van der Waals surface area contributed by atoms with Crippen molar-refractivity contribution in [3.8, 4) is 5.69 Å². The second-order valence-electron chi connectivity index (χ2n) is 4.82. The van der Waals surface area contributed by atoms with Crippen LogP contribution in [0.5, 0.6) is 0 Å². The van der Waals surface area contributed by atoms with E-state index >= 15 is 0 Å². The Kier molecular flexibility index (Phi) is 4.25. The fourth-order valence-corrected chi connectivity index (χ4v) is 3.26. The summed E-state index contributed by atoms with van der Waals surface area (Å²) in [4.78, 5) is 4.67. The summed E-state index contributed by atoms with van der Waals surface area (Å²) in [7, 11) is 0. The smallest absolute Gasteiger partial charge is 0.115 e. The molecular weight excluding hydrogens is 371 g/mol. The standard InChI is InChI=1S/C16H13BrCl2N2/c1-10-4-2-6-12(15(10)17)21-13-7-3-5-11(19)16(13)20-14(21)8-9-18/h2-7H,8-9H2,1H3. The summed E-state index contributed by atoms with van der Waals surface area (Å²) in [5.74, 6) is 1.43. The molecule has 0 saturated carbocycles. The van der Waals surface area contributed by atoms with Crippen LogP contribution in [-0.2, 0) is 6.42 Å². The molecule has 3 rings (SSSR count). The van der Waals surface area contributed by atoms with Crippen LogP contribution in [0.15, 0.2) is 40.9 Å².